The van der Waals surface area contributed by atoms with Gasteiger partial charge in [0.15, 0.2) is 6.29 Å². The van der Waals surface area contributed by atoms with Gasteiger partial charge in [-0.1, -0.05) is 41.5 Å². The van der Waals surface area contributed by atoms with Gasteiger partial charge in [-0.25, -0.2) is 0 Å². The molecule has 5 atom stereocenters. The van der Waals surface area contributed by atoms with E-state index in [1.807, 2.05) is 30.3 Å². The molecule has 1 aliphatic heterocycles. The van der Waals surface area contributed by atoms with Crippen LogP contribution < -0.4 is 0 Å². The molecule has 158 valence electrons. The van der Waals surface area contributed by atoms with Gasteiger partial charge in [-0.05, 0) is 23.9 Å². The van der Waals surface area contributed by atoms with Crippen molar-refractivity contribution in [2.75, 3.05) is 13.2 Å². The van der Waals surface area contributed by atoms with Crippen LogP contribution in [0.2, 0.25) is 0 Å². The molecule has 0 saturated carbocycles. The van der Waals surface area contributed by atoms with E-state index in [0.717, 1.165) is 12.0 Å². The second-order valence-corrected chi connectivity index (χ2v) is 6.59. The molecule has 0 unspecified atom stereocenters. The smallest absolute Gasteiger partial charge is 0.302 e. The highest BCUT2D eigenvalue weighted by Gasteiger charge is 2.46. The molecule has 0 radical (unpaired) electrons. The van der Waals surface area contributed by atoms with E-state index < -0.39 is 36.6 Å². The molecule has 1 saturated heterocycles. The number of hydrogen-bond acceptors (Lipinski definition) is 7. The summed E-state index contributed by atoms with van der Waals surface area (Å²) < 4.78 is 22.4. The van der Waals surface area contributed by atoms with E-state index >= 15 is 0 Å². The number of unbranched alkanes of at least 4 members (excludes halogenated alkanes) is 1. The molecule has 2 rings (SSSR count). The van der Waals surface area contributed by atoms with Crippen LogP contribution in [-0.2, 0) is 30.3 Å². The van der Waals surface area contributed by atoms with Gasteiger partial charge < -0.3 is 24.1 Å². The van der Waals surface area contributed by atoms with Crippen LogP contribution in [0.25, 0.3) is 10.4 Å². The molecule has 0 amide bonds. The van der Waals surface area contributed by atoms with Crippen molar-refractivity contribution in [1.82, 2.24) is 0 Å². The van der Waals surface area contributed by atoms with Crippen LogP contribution in [0, 0.1) is 0 Å². The molecule has 9 nitrogen and oxygen atoms in total. The van der Waals surface area contributed by atoms with Crippen molar-refractivity contribution < 1.29 is 28.8 Å². The summed E-state index contributed by atoms with van der Waals surface area (Å²) in [7, 11) is 0. The first-order valence-electron chi connectivity index (χ1n) is 9.46. The molecule has 1 N–H and O–H groups in total. The van der Waals surface area contributed by atoms with Gasteiger partial charge in [0.1, 0.15) is 24.9 Å². The summed E-state index contributed by atoms with van der Waals surface area (Å²) in [6, 6.07) is 8.49. The molecular formula is C20H27N3O6. The SMILES string of the molecule is C=CCCCO[C@H]1O[C@H](COC(C)=O)[C@@H](O)[C@H](OCc2ccccc2)[C@H]1N=[N+]=[N-]. The minimum atomic E-state index is -1.18. The topological polar surface area (TPSA) is 123 Å². The number of ether oxygens (including phenoxy) is 4. The maximum atomic E-state index is 11.2. The van der Waals surface area contributed by atoms with Gasteiger partial charge in [-0.15, -0.1) is 6.58 Å². The van der Waals surface area contributed by atoms with Gasteiger partial charge in [0.25, 0.3) is 0 Å². The van der Waals surface area contributed by atoms with Gasteiger partial charge >= 0.3 is 5.97 Å². The highest BCUT2D eigenvalue weighted by molar-refractivity contribution is 5.65. The first-order chi connectivity index (χ1) is 14.1. The number of hydrogen-bond donors (Lipinski definition) is 1. The van der Waals surface area contributed by atoms with Crippen molar-refractivity contribution >= 4 is 5.97 Å². The van der Waals surface area contributed by atoms with Gasteiger partial charge in [0.05, 0.1) is 19.3 Å². The molecule has 1 aromatic carbocycles. The third-order valence-corrected chi connectivity index (χ3v) is 4.40. The first kappa shape index (κ1) is 22.9. The van der Waals surface area contributed by atoms with Crippen molar-refractivity contribution in [2.24, 2.45) is 5.11 Å². The van der Waals surface area contributed by atoms with Gasteiger partial charge in [0, 0.05) is 11.8 Å². The van der Waals surface area contributed by atoms with Crippen molar-refractivity contribution in [3.05, 3.63) is 59.0 Å². The number of azide groups is 1. The standard InChI is InChI=1S/C20H27N3O6/c1-3-4-8-11-26-20-17(22-23-21)19(28-12-15-9-6-5-7-10-15)18(25)16(29-20)13-27-14(2)24/h3,5-7,9-10,16-20,25H,1,4,8,11-13H2,2H3/t16-,17-,18-,19-,20+/m1/s1. The van der Waals surface area contributed by atoms with Gasteiger partial charge in [0.2, 0.25) is 0 Å². The number of aliphatic hydroxyl groups is 1. The zero-order valence-corrected chi connectivity index (χ0v) is 16.4. The third-order valence-electron chi connectivity index (χ3n) is 4.40. The minimum absolute atomic E-state index is 0.169. The molecule has 1 aromatic rings. The van der Waals surface area contributed by atoms with Crippen molar-refractivity contribution in [2.45, 2.75) is 57.0 Å². The summed E-state index contributed by atoms with van der Waals surface area (Å²) in [4.78, 5) is 14.0. The number of benzene rings is 1. The number of carbonyl (C=O) groups is 1. The van der Waals surface area contributed by atoms with Gasteiger partial charge in [-0.2, -0.15) is 0 Å². The molecule has 1 fully saturated rings. The van der Waals surface area contributed by atoms with Crippen LogP contribution in [0.15, 0.2) is 48.1 Å². The zero-order chi connectivity index (χ0) is 21.1. The number of allylic oxidation sites excluding steroid dienone is 1. The zero-order valence-electron chi connectivity index (χ0n) is 16.4. The molecule has 0 spiro atoms. The summed E-state index contributed by atoms with van der Waals surface area (Å²) in [6.07, 6.45) is -0.665. The van der Waals surface area contributed by atoms with Crippen LogP contribution >= 0.6 is 0 Å². The maximum absolute atomic E-state index is 11.2. The highest BCUT2D eigenvalue weighted by Crippen LogP contribution is 2.28. The lowest BCUT2D eigenvalue weighted by Crippen LogP contribution is -2.59. The Labute approximate surface area is 169 Å². The Morgan fingerprint density at radius 2 is 2.14 bits per heavy atom. The normalized spacial score (nSPS) is 26.3. The molecule has 0 aromatic heterocycles. The van der Waals surface area contributed by atoms with E-state index in [1.54, 1.807) is 6.08 Å². The summed E-state index contributed by atoms with van der Waals surface area (Å²) in [5.74, 6) is -0.497. The average molecular weight is 405 g/mol. The molecule has 0 bridgehead atoms. The lowest BCUT2D eigenvalue weighted by molar-refractivity contribution is -0.275. The predicted octanol–water partition coefficient (Wildman–Crippen LogP) is 2.88. The van der Waals surface area contributed by atoms with Crippen LogP contribution in [0.1, 0.15) is 25.3 Å². The van der Waals surface area contributed by atoms with Crippen LogP contribution in [0.5, 0.6) is 0 Å². The Balaban J connectivity index is 2.16. The van der Waals surface area contributed by atoms with Crippen molar-refractivity contribution in [3.63, 3.8) is 0 Å². The fourth-order valence-corrected chi connectivity index (χ4v) is 2.95. The van der Waals surface area contributed by atoms with E-state index in [0.29, 0.717) is 13.0 Å². The second kappa shape index (κ2) is 12.2. The summed E-state index contributed by atoms with van der Waals surface area (Å²) in [6.45, 7) is 5.30. The third kappa shape index (κ3) is 7.16. The van der Waals surface area contributed by atoms with E-state index in [9.17, 15) is 9.90 Å². The molecule has 1 aliphatic rings. The van der Waals surface area contributed by atoms with E-state index in [4.69, 9.17) is 24.5 Å². The van der Waals surface area contributed by atoms with E-state index in [2.05, 4.69) is 16.6 Å². The van der Waals surface area contributed by atoms with Crippen LogP contribution in [0.4, 0.5) is 0 Å². The van der Waals surface area contributed by atoms with Crippen LogP contribution in [-0.4, -0.2) is 54.9 Å². The molecule has 29 heavy (non-hydrogen) atoms. The Morgan fingerprint density at radius 3 is 2.79 bits per heavy atom. The maximum Gasteiger partial charge on any atom is 0.302 e. The highest BCUT2D eigenvalue weighted by atomic mass is 16.7. The Bertz CT molecular complexity index is 695. The molecule has 9 heteroatoms. The van der Waals surface area contributed by atoms with Crippen LogP contribution in [0.3, 0.4) is 0 Å². The molecule has 0 aliphatic carbocycles. The Hall–Kier alpha value is -2.42. The quantitative estimate of drug-likeness (QED) is 0.151. The van der Waals surface area contributed by atoms with Crippen molar-refractivity contribution in [3.8, 4) is 0 Å². The lowest BCUT2D eigenvalue weighted by atomic mass is 9.97. The summed E-state index contributed by atoms with van der Waals surface area (Å²) >= 11 is 0. The number of esters is 1. The second-order valence-electron chi connectivity index (χ2n) is 6.59. The number of rotatable bonds is 11. The van der Waals surface area contributed by atoms with E-state index in [1.165, 1.54) is 6.92 Å². The van der Waals surface area contributed by atoms with E-state index in [-0.39, 0.29) is 13.2 Å². The largest absolute Gasteiger partial charge is 0.463 e. The number of carbonyl (C=O) groups excluding carboxylic acids is 1. The average Bonchev–Trinajstić information content (AvgIpc) is 2.72. The predicted molar refractivity (Wildman–Crippen MR) is 105 cm³/mol. The lowest BCUT2D eigenvalue weighted by Gasteiger charge is -2.42. The molecule has 1 heterocycles. The fraction of sp³-hybridized carbons (Fsp3) is 0.550. The first-order valence-corrected chi connectivity index (χ1v) is 9.46. The Kier molecular flexibility index (Phi) is 9.63. The minimum Gasteiger partial charge on any atom is -0.463 e. The fourth-order valence-electron chi connectivity index (χ4n) is 2.95. The summed E-state index contributed by atoms with van der Waals surface area (Å²) in [5, 5.41) is 14.5. The van der Waals surface area contributed by atoms with Gasteiger partial charge in [-0.3, -0.25) is 4.79 Å². The molecular weight excluding hydrogens is 378 g/mol. The van der Waals surface area contributed by atoms with Crippen molar-refractivity contribution in [1.29, 1.82) is 0 Å². The number of aliphatic hydroxyl groups excluding tert-OH is 1. The number of nitrogens with zero attached hydrogens (tertiary/aromatic N) is 3. The monoisotopic (exact) mass is 405 g/mol. The Morgan fingerprint density at radius 1 is 1.38 bits per heavy atom. The summed E-state index contributed by atoms with van der Waals surface area (Å²) in [5.41, 5.74) is 9.90.